The Morgan fingerprint density at radius 3 is 2.81 bits per heavy atom. The summed E-state index contributed by atoms with van der Waals surface area (Å²) in [6.07, 6.45) is 6.12. The van der Waals surface area contributed by atoms with E-state index in [0.29, 0.717) is 5.56 Å². The molecule has 0 spiro atoms. The van der Waals surface area contributed by atoms with Crippen LogP contribution in [0.4, 0.5) is 0 Å². The molecule has 0 saturated heterocycles. The Labute approximate surface area is 95.1 Å². The fourth-order valence-electron chi connectivity index (χ4n) is 2.45. The van der Waals surface area contributed by atoms with Gasteiger partial charge < -0.3 is 4.98 Å². The van der Waals surface area contributed by atoms with Gasteiger partial charge in [0.25, 0.3) is 5.56 Å². The number of pyridine rings is 1. The second-order valence-corrected chi connectivity index (χ2v) is 4.33. The van der Waals surface area contributed by atoms with E-state index in [2.05, 4.69) is 11.9 Å². The fourth-order valence-corrected chi connectivity index (χ4v) is 2.45. The van der Waals surface area contributed by atoms with Crippen LogP contribution in [0, 0.1) is 11.3 Å². The zero-order chi connectivity index (χ0) is 11.5. The SMILES string of the molecule is CCCCc1[nH]c(=O)c(C#N)c2c1CCC2. The predicted octanol–water partition coefficient (Wildman–Crippen LogP) is 2.08. The lowest BCUT2D eigenvalue weighted by molar-refractivity contribution is 0.762. The Balaban J connectivity index is 2.50. The second kappa shape index (κ2) is 4.52. The summed E-state index contributed by atoms with van der Waals surface area (Å²) >= 11 is 0. The summed E-state index contributed by atoms with van der Waals surface area (Å²) in [5, 5.41) is 8.98. The van der Waals surface area contributed by atoms with Gasteiger partial charge in [0.05, 0.1) is 0 Å². The largest absolute Gasteiger partial charge is 0.325 e. The number of fused-ring (bicyclic) bond motifs is 1. The molecule has 1 aromatic rings. The van der Waals surface area contributed by atoms with Crippen molar-refractivity contribution in [1.82, 2.24) is 4.98 Å². The van der Waals surface area contributed by atoms with Crippen molar-refractivity contribution in [2.24, 2.45) is 0 Å². The minimum atomic E-state index is -0.200. The molecule has 0 unspecified atom stereocenters. The maximum Gasteiger partial charge on any atom is 0.266 e. The molecule has 0 aliphatic heterocycles. The Morgan fingerprint density at radius 2 is 2.12 bits per heavy atom. The van der Waals surface area contributed by atoms with Crippen molar-refractivity contribution in [1.29, 1.82) is 5.26 Å². The molecule has 0 radical (unpaired) electrons. The third kappa shape index (κ3) is 1.76. The highest BCUT2D eigenvalue weighted by molar-refractivity contribution is 5.45. The number of nitrogens with one attached hydrogen (secondary N) is 1. The zero-order valence-corrected chi connectivity index (χ0v) is 9.60. The van der Waals surface area contributed by atoms with Gasteiger partial charge in [0, 0.05) is 5.69 Å². The van der Waals surface area contributed by atoms with Crippen molar-refractivity contribution in [2.45, 2.75) is 45.4 Å². The monoisotopic (exact) mass is 216 g/mol. The average Bonchev–Trinajstić information content (AvgIpc) is 2.75. The molecule has 3 heteroatoms. The highest BCUT2D eigenvalue weighted by Gasteiger charge is 2.21. The van der Waals surface area contributed by atoms with E-state index in [-0.39, 0.29) is 5.56 Å². The van der Waals surface area contributed by atoms with Crippen molar-refractivity contribution >= 4 is 0 Å². The molecule has 84 valence electrons. The molecule has 16 heavy (non-hydrogen) atoms. The number of aryl methyl sites for hydroxylation is 1. The number of rotatable bonds is 3. The quantitative estimate of drug-likeness (QED) is 0.841. The van der Waals surface area contributed by atoms with Crippen LogP contribution in [0.1, 0.15) is 48.6 Å². The van der Waals surface area contributed by atoms with E-state index < -0.39 is 0 Å². The van der Waals surface area contributed by atoms with Gasteiger partial charge in [-0.05, 0) is 43.2 Å². The minimum Gasteiger partial charge on any atom is -0.325 e. The third-order valence-electron chi connectivity index (χ3n) is 3.27. The van der Waals surface area contributed by atoms with E-state index in [1.807, 2.05) is 6.07 Å². The number of aromatic nitrogens is 1. The third-order valence-corrected chi connectivity index (χ3v) is 3.27. The molecular formula is C13H16N2O. The molecule has 0 fully saturated rings. The molecule has 1 aliphatic rings. The van der Waals surface area contributed by atoms with E-state index in [9.17, 15) is 4.79 Å². The van der Waals surface area contributed by atoms with Crippen LogP contribution in [0.2, 0.25) is 0 Å². The van der Waals surface area contributed by atoms with E-state index in [0.717, 1.165) is 49.8 Å². The summed E-state index contributed by atoms with van der Waals surface area (Å²) in [6.45, 7) is 2.14. The first-order chi connectivity index (χ1) is 7.77. The summed E-state index contributed by atoms with van der Waals surface area (Å²) in [5.74, 6) is 0. The Kier molecular flexibility index (Phi) is 3.09. The molecule has 0 aromatic carbocycles. The first kappa shape index (κ1) is 10.9. The normalized spacial score (nSPS) is 13.5. The zero-order valence-electron chi connectivity index (χ0n) is 9.60. The molecule has 0 atom stereocenters. The van der Waals surface area contributed by atoms with Crippen LogP contribution in [0.15, 0.2) is 4.79 Å². The number of aromatic amines is 1. The fraction of sp³-hybridized carbons (Fsp3) is 0.538. The molecular weight excluding hydrogens is 200 g/mol. The Bertz CT molecular complexity index is 494. The summed E-state index contributed by atoms with van der Waals surface area (Å²) in [5.41, 5.74) is 3.46. The number of unbranched alkanes of at least 4 members (excludes halogenated alkanes) is 1. The van der Waals surface area contributed by atoms with Crippen LogP contribution in [0.5, 0.6) is 0 Å². The molecule has 3 nitrogen and oxygen atoms in total. The number of nitriles is 1. The molecule has 2 rings (SSSR count). The van der Waals surface area contributed by atoms with E-state index >= 15 is 0 Å². The maximum atomic E-state index is 11.7. The van der Waals surface area contributed by atoms with Gasteiger partial charge in [0.1, 0.15) is 11.6 Å². The van der Waals surface area contributed by atoms with Gasteiger partial charge in [-0.2, -0.15) is 5.26 Å². The van der Waals surface area contributed by atoms with Crippen LogP contribution in [0.3, 0.4) is 0 Å². The lowest BCUT2D eigenvalue weighted by Gasteiger charge is -2.08. The first-order valence-electron chi connectivity index (χ1n) is 5.95. The van der Waals surface area contributed by atoms with Crippen molar-refractivity contribution in [3.05, 3.63) is 32.7 Å². The maximum absolute atomic E-state index is 11.7. The average molecular weight is 216 g/mol. The Morgan fingerprint density at radius 1 is 1.38 bits per heavy atom. The molecule has 1 N–H and O–H groups in total. The smallest absolute Gasteiger partial charge is 0.266 e. The van der Waals surface area contributed by atoms with E-state index in [1.54, 1.807) is 0 Å². The van der Waals surface area contributed by atoms with E-state index in [4.69, 9.17) is 5.26 Å². The molecule has 1 aromatic heterocycles. The summed E-state index contributed by atoms with van der Waals surface area (Å²) in [7, 11) is 0. The highest BCUT2D eigenvalue weighted by Crippen LogP contribution is 2.26. The van der Waals surface area contributed by atoms with Gasteiger partial charge in [0.2, 0.25) is 0 Å². The van der Waals surface area contributed by atoms with Crippen LogP contribution >= 0.6 is 0 Å². The van der Waals surface area contributed by atoms with Gasteiger partial charge in [-0.3, -0.25) is 4.79 Å². The number of H-pyrrole nitrogens is 1. The van der Waals surface area contributed by atoms with Crippen molar-refractivity contribution < 1.29 is 0 Å². The first-order valence-corrected chi connectivity index (χ1v) is 5.95. The van der Waals surface area contributed by atoms with Crippen LogP contribution in [-0.2, 0) is 19.3 Å². The van der Waals surface area contributed by atoms with Crippen LogP contribution < -0.4 is 5.56 Å². The minimum absolute atomic E-state index is 0.200. The molecule has 0 saturated carbocycles. The lowest BCUT2D eigenvalue weighted by Crippen LogP contribution is -2.17. The van der Waals surface area contributed by atoms with Crippen LogP contribution in [0.25, 0.3) is 0 Å². The van der Waals surface area contributed by atoms with Crippen LogP contribution in [-0.4, -0.2) is 4.98 Å². The molecule has 1 aliphatic carbocycles. The van der Waals surface area contributed by atoms with Gasteiger partial charge in [0.15, 0.2) is 0 Å². The van der Waals surface area contributed by atoms with Gasteiger partial charge >= 0.3 is 0 Å². The van der Waals surface area contributed by atoms with Crippen molar-refractivity contribution in [2.75, 3.05) is 0 Å². The highest BCUT2D eigenvalue weighted by atomic mass is 16.1. The standard InChI is InChI=1S/C13H16N2O/c1-2-3-7-12-10-6-4-5-9(10)11(8-14)13(16)15-12/h2-7H2,1H3,(H,15,16). The molecule has 1 heterocycles. The second-order valence-electron chi connectivity index (χ2n) is 4.33. The summed E-state index contributed by atoms with van der Waals surface area (Å²) in [6, 6.07) is 2.04. The van der Waals surface area contributed by atoms with Crippen molar-refractivity contribution in [3.8, 4) is 6.07 Å². The molecule has 0 amide bonds. The topological polar surface area (TPSA) is 56.6 Å². The summed E-state index contributed by atoms with van der Waals surface area (Å²) < 4.78 is 0. The predicted molar refractivity (Wildman–Crippen MR) is 62.4 cm³/mol. The van der Waals surface area contributed by atoms with Crippen molar-refractivity contribution in [3.63, 3.8) is 0 Å². The van der Waals surface area contributed by atoms with E-state index in [1.165, 1.54) is 5.56 Å². The number of hydrogen-bond donors (Lipinski definition) is 1. The molecule has 0 bridgehead atoms. The lowest BCUT2D eigenvalue weighted by atomic mass is 10.0. The van der Waals surface area contributed by atoms with Gasteiger partial charge in [-0.1, -0.05) is 13.3 Å². The summed E-state index contributed by atoms with van der Waals surface area (Å²) in [4.78, 5) is 14.6. The Hall–Kier alpha value is -1.56. The number of nitrogens with zero attached hydrogens (tertiary/aromatic N) is 1. The van der Waals surface area contributed by atoms with Gasteiger partial charge in [-0.25, -0.2) is 0 Å². The van der Waals surface area contributed by atoms with Gasteiger partial charge in [-0.15, -0.1) is 0 Å². The number of hydrogen-bond acceptors (Lipinski definition) is 2.